The Balaban J connectivity index is 2.44. The maximum absolute atomic E-state index is 9.01. The SMILES string of the molecule is CCOS/C=C/c1ccc(O)cc1. The van der Waals surface area contributed by atoms with Gasteiger partial charge in [-0.25, -0.2) is 0 Å². The Labute approximate surface area is 82.4 Å². The molecule has 0 unspecified atom stereocenters. The van der Waals surface area contributed by atoms with Crippen LogP contribution in [-0.2, 0) is 4.18 Å². The molecule has 13 heavy (non-hydrogen) atoms. The van der Waals surface area contributed by atoms with Crippen LogP contribution in [0.3, 0.4) is 0 Å². The molecule has 0 atom stereocenters. The summed E-state index contributed by atoms with van der Waals surface area (Å²) >= 11 is 1.31. The van der Waals surface area contributed by atoms with Gasteiger partial charge in [-0.2, -0.15) is 0 Å². The maximum atomic E-state index is 9.01. The van der Waals surface area contributed by atoms with Crippen LogP contribution in [0.15, 0.2) is 29.7 Å². The molecule has 0 heterocycles. The van der Waals surface area contributed by atoms with Gasteiger partial charge in [0.1, 0.15) is 5.75 Å². The van der Waals surface area contributed by atoms with Crippen molar-refractivity contribution in [2.45, 2.75) is 6.92 Å². The number of hydrogen-bond acceptors (Lipinski definition) is 3. The van der Waals surface area contributed by atoms with Crippen LogP contribution in [0.4, 0.5) is 0 Å². The van der Waals surface area contributed by atoms with Gasteiger partial charge >= 0.3 is 0 Å². The minimum Gasteiger partial charge on any atom is -0.508 e. The number of phenolic OH excluding ortho intramolecular Hbond substituents is 1. The van der Waals surface area contributed by atoms with Gasteiger partial charge in [0.2, 0.25) is 0 Å². The van der Waals surface area contributed by atoms with E-state index in [1.165, 1.54) is 12.0 Å². The zero-order valence-corrected chi connectivity index (χ0v) is 8.25. The molecule has 2 nitrogen and oxygen atoms in total. The quantitative estimate of drug-likeness (QED) is 0.593. The number of aromatic hydroxyl groups is 1. The number of hydrogen-bond donors (Lipinski definition) is 1. The van der Waals surface area contributed by atoms with E-state index in [9.17, 15) is 0 Å². The van der Waals surface area contributed by atoms with Gasteiger partial charge in [0.25, 0.3) is 0 Å². The topological polar surface area (TPSA) is 29.5 Å². The third-order valence-electron chi connectivity index (χ3n) is 1.40. The zero-order valence-electron chi connectivity index (χ0n) is 7.43. The van der Waals surface area contributed by atoms with E-state index in [1.807, 2.05) is 30.5 Å². The Morgan fingerprint density at radius 2 is 2.08 bits per heavy atom. The Morgan fingerprint density at radius 3 is 2.69 bits per heavy atom. The molecule has 0 aromatic heterocycles. The molecule has 1 N–H and O–H groups in total. The molecule has 0 spiro atoms. The lowest BCUT2D eigenvalue weighted by Crippen LogP contribution is -1.73. The van der Waals surface area contributed by atoms with Crippen molar-refractivity contribution in [3.63, 3.8) is 0 Å². The lowest BCUT2D eigenvalue weighted by molar-refractivity contribution is 0.405. The minimum absolute atomic E-state index is 0.287. The van der Waals surface area contributed by atoms with E-state index < -0.39 is 0 Å². The Kier molecular flexibility index (Phi) is 4.43. The number of rotatable bonds is 4. The first-order valence-electron chi connectivity index (χ1n) is 4.07. The van der Waals surface area contributed by atoms with Crippen molar-refractivity contribution < 1.29 is 9.29 Å². The molecule has 0 aliphatic rings. The molecular formula is C10H12O2S. The average Bonchev–Trinajstić information content (AvgIpc) is 2.15. The monoisotopic (exact) mass is 196 g/mol. The van der Waals surface area contributed by atoms with Gasteiger partial charge < -0.3 is 9.29 Å². The van der Waals surface area contributed by atoms with Crippen LogP contribution in [0.25, 0.3) is 6.08 Å². The smallest absolute Gasteiger partial charge is 0.115 e. The average molecular weight is 196 g/mol. The van der Waals surface area contributed by atoms with Gasteiger partial charge in [-0.15, -0.1) is 0 Å². The lowest BCUT2D eigenvalue weighted by Gasteiger charge is -1.94. The second-order valence-corrected chi connectivity index (χ2v) is 3.10. The number of benzene rings is 1. The molecule has 3 heteroatoms. The molecule has 0 radical (unpaired) electrons. The van der Waals surface area contributed by atoms with Crippen LogP contribution in [0.5, 0.6) is 5.75 Å². The Morgan fingerprint density at radius 1 is 1.38 bits per heavy atom. The molecule has 1 rings (SSSR count). The standard InChI is InChI=1S/C10H12O2S/c1-2-12-13-8-7-9-3-5-10(11)6-4-9/h3-8,11H,2H2,1H3/b8-7+. The Hall–Kier alpha value is -0.930. The molecule has 0 saturated carbocycles. The summed E-state index contributed by atoms with van der Waals surface area (Å²) in [7, 11) is 0. The molecule has 0 aliphatic heterocycles. The van der Waals surface area contributed by atoms with Crippen LogP contribution in [-0.4, -0.2) is 11.7 Å². The van der Waals surface area contributed by atoms with Crippen LogP contribution in [0.1, 0.15) is 12.5 Å². The predicted octanol–water partition coefficient (Wildman–Crippen LogP) is 3.05. The van der Waals surface area contributed by atoms with Crippen LogP contribution < -0.4 is 0 Å². The molecule has 1 aromatic carbocycles. The predicted molar refractivity (Wildman–Crippen MR) is 56.4 cm³/mol. The van der Waals surface area contributed by atoms with Crippen LogP contribution in [0.2, 0.25) is 0 Å². The molecular weight excluding hydrogens is 184 g/mol. The van der Waals surface area contributed by atoms with Crippen molar-refractivity contribution >= 4 is 18.1 Å². The van der Waals surface area contributed by atoms with Crippen LogP contribution in [0, 0.1) is 0 Å². The van der Waals surface area contributed by atoms with Gasteiger partial charge in [0, 0.05) is 12.0 Å². The van der Waals surface area contributed by atoms with E-state index >= 15 is 0 Å². The fourth-order valence-corrected chi connectivity index (χ4v) is 1.23. The molecule has 0 saturated heterocycles. The Bertz CT molecular complexity index is 267. The molecule has 0 bridgehead atoms. The summed E-state index contributed by atoms with van der Waals surface area (Å²) in [6, 6.07) is 7.01. The van der Waals surface area contributed by atoms with Gasteiger partial charge in [0.15, 0.2) is 0 Å². The van der Waals surface area contributed by atoms with E-state index in [4.69, 9.17) is 9.29 Å². The second kappa shape index (κ2) is 5.67. The molecule has 0 aliphatic carbocycles. The third kappa shape index (κ3) is 4.01. The zero-order chi connectivity index (χ0) is 9.52. The molecule has 70 valence electrons. The normalized spacial score (nSPS) is 10.8. The summed E-state index contributed by atoms with van der Waals surface area (Å²) in [6.07, 6.45) is 1.93. The first-order valence-corrected chi connectivity index (χ1v) is 4.87. The van der Waals surface area contributed by atoms with Crippen molar-refractivity contribution in [3.8, 4) is 5.75 Å². The van der Waals surface area contributed by atoms with Gasteiger partial charge in [-0.05, 0) is 36.1 Å². The third-order valence-corrected chi connectivity index (χ3v) is 2.01. The highest BCUT2D eigenvalue weighted by molar-refractivity contribution is 7.97. The van der Waals surface area contributed by atoms with E-state index in [1.54, 1.807) is 12.1 Å². The van der Waals surface area contributed by atoms with Gasteiger partial charge in [-0.1, -0.05) is 12.1 Å². The summed E-state index contributed by atoms with van der Waals surface area (Å²) < 4.78 is 5.06. The fraction of sp³-hybridized carbons (Fsp3) is 0.200. The van der Waals surface area contributed by atoms with Crippen molar-refractivity contribution in [3.05, 3.63) is 35.2 Å². The second-order valence-electron chi connectivity index (χ2n) is 2.40. The van der Waals surface area contributed by atoms with E-state index in [0.717, 1.165) is 5.56 Å². The summed E-state index contributed by atoms with van der Waals surface area (Å²) in [5.74, 6) is 0.287. The fourth-order valence-electron chi connectivity index (χ4n) is 0.799. The van der Waals surface area contributed by atoms with Gasteiger partial charge in [0.05, 0.1) is 6.61 Å². The minimum atomic E-state index is 0.287. The van der Waals surface area contributed by atoms with Crippen molar-refractivity contribution in [2.75, 3.05) is 6.61 Å². The summed E-state index contributed by atoms with van der Waals surface area (Å²) in [5, 5.41) is 10.9. The highest BCUT2D eigenvalue weighted by Gasteiger charge is 1.87. The van der Waals surface area contributed by atoms with E-state index in [2.05, 4.69) is 0 Å². The van der Waals surface area contributed by atoms with Crippen molar-refractivity contribution in [2.24, 2.45) is 0 Å². The molecule has 0 fully saturated rings. The summed E-state index contributed by atoms with van der Waals surface area (Å²) in [5.41, 5.74) is 1.05. The van der Waals surface area contributed by atoms with Crippen molar-refractivity contribution in [1.29, 1.82) is 0 Å². The number of phenols is 1. The van der Waals surface area contributed by atoms with Crippen LogP contribution >= 0.6 is 12.0 Å². The van der Waals surface area contributed by atoms with E-state index in [-0.39, 0.29) is 5.75 Å². The van der Waals surface area contributed by atoms with E-state index in [0.29, 0.717) is 6.61 Å². The first-order chi connectivity index (χ1) is 6.33. The lowest BCUT2D eigenvalue weighted by atomic mass is 10.2. The highest BCUT2D eigenvalue weighted by atomic mass is 32.2. The summed E-state index contributed by atoms with van der Waals surface area (Å²) in [4.78, 5) is 0. The first kappa shape index (κ1) is 10.2. The van der Waals surface area contributed by atoms with Crippen molar-refractivity contribution in [1.82, 2.24) is 0 Å². The largest absolute Gasteiger partial charge is 0.508 e. The van der Waals surface area contributed by atoms with Gasteiger partial charge in [-0.3, -0.25) is 0 Å². The highest BCUT2D eigenvalue weighted by Crippen LogP contribution is 2.13. The maximum Gasteiger partial charge on any atom is 0.115 e. The molecule has 1 aromatic rings. The summed E-state index contributed by atoms with van der Waals surface area (Å²) in [6.45, 7) is 2.64. The molecule has 0 amide bonds.